The van der Waals surface area contributed by atoms with E-state index in [0.29, 0.717) is 0 Å². The molecule has 0 aliphatic heterocycles. The van der Waals surface area contributed by atoms with E-state index in [9.17, 15) is 15.0 Å². The third-order valence-corrected chi connectivity index (χ3v) is 2.79. The lowest BCUT2D eigenvalue weighted by Crippen LogP contribution is -2.35. The van der Waals surface area contributed by atoms with Crippen molar-refractivity contribution in [1.82, 2.24) is 9.55 Å². The van der Waals surface area contributed by atoms with E-state index in [1.165, 1.54) is 18.3 Å². The van der Waals surface area contributed by atoms with Gasteiger partial charge in [-0.2, -0.15) is 4.98 Å². The van der Waals surface area contributed by atoms with Gasteiger partial charge in [0.25, 0.3) is 0 Å². The summed E-state index contributed by atoms with van der Waals surface area (Å²) in [6, 6.07) is 0.679. The van der Waals surface area contributed by atoms with Crippen LogP contribution in [0.25, 0.3) is 0 Å². The van der Waals surface area contributed by atoms with Crippen LogP contribution in [-0.2, 0) is 0 Å². The number of hydrogen-bond donors (Lipinski definition) is 4. The molecule has 0 fully saturated rings. The molecule has 17 heavy (non-hydrogen) atoms. The first kappa shape index (κ1) is 11.8. The highest BCUT2D eigenvalue weighted by atomic mass is 16.3. The summed E-state index contributed by atoms with van der Waals surface area (Å²) in [5.74, 6) is 0.0886. The third kappa shape index (κ3) is 1.95. The summed E-state index contributed by atoms with van der Waals surface area (Å²) in [5, 5.41) is 28.3. The summed E-state index contributed by atoms with van der Waals surface area (Å²) >= 11 is 0. The van der Waals surface area contributed by atoms with Gasteiger partial charge in [-0.1, -0.05) is 6.08 Å². The molecule has 1 heterocycles. The molecule has 0 amide bonds. The van der Waals surface area contributed by atoms with Crippen LogP contribution in [0.1, 0.15) is 6.04 Å². The second-order valence-electron chi connectivity index (χ2n) is 3.87. The maximum absolute atomic E-state index is 11.6. The van der Waals surface area contributed by atoms with Crippen molar-refractivity contribution in [3.8, 4) is 0 Å². The van der Waals surface area contributed by atoms with Gasteiger partial charge in [-0.05, 0) is 11.6 Å². The highest BCUT2D eigenvalue weighted by Gasteiger charge is 2.35. The smallest absolute Gasteiger partial charge is 0.350 e. The van der Waals surface area contributed by atoms with Crippen LogP contribution in [0.5, 0.6) is 0 Å². The largest absolute Gasteiger partial charge is 0.392 e. The van der Waals surface area contributed by atoms with E-state index in [0.717, 1.165) is 4.57 Å². The first-order valence-corrected chi connectivity index (χ1v) is 5.07. The van der Waals surface area contributed by atoms with Gasteiger partial charge in [-0.3, -0.25) is 4.57 Å². The van der Waals surface area contributed by atoms with Crippen molar-refractivity contribution >= 4 is 5.82 Å². The lowest BCUT2D eigenvalue weighted by atomic mass is 10.1. The average Bonchev–Trinajstić information content (AvgIpc) is 2.57. The van der Waals surface area contributed by atoms with Crippen LogP contribution in [0, 0.1) is 0 Å². The average molecular weight is 239 g/mol. The van der Waals surface area contributed by atoms with E-state index in [1.807, 2.05) is 0 Å². The molecule has 7 nitrogen and oxygen atoms in total. The number of rotatable bonds is 2. The zero-order chi connectivity index (χ0) is 12.6. The van der Waals surface area contributed by atoms with Crippen LogP contribution >= 0.6 is 0 Å². The fourth-order valence-corrected chi connectivity index (χ4v) is 1.87. The fraction of sp³-hybridized carbons (Fsp3) is 0.400. The molecule has 0 saturated heterocycles. The quantitative estimate of drug-likeness (QED) is 0.444. The molecule has 92 valence electrons. The predicted molar refractivity (Wildman–Crippen MR) is 59.1 cm³/mol. The molecule has 5 N–H and O–H groups in total. The van der Waals surface area contributed by atoms with Crippen molar-refractivity contribution in [1.29, 1.82) is 0 Å². The number of aliphatic hydroxyl groups excluding tert-OH is 3. The Bertz CT molecular complexity index is 511. The maximum atomic E-state index is 11.6. The molecule has 0 spiro atoms. The highest BCUT2D eigenvalue weighted by Crippen LogP contribution is 2.27. The molecule has 0 radical (unpaired) electrons. The second kappa shape index (κ2) is 4.28. The van der Waals surface area contributed by atoms with Gasteiger partial charge in [-0.15, -0.1) is 0 Å². The van der Waals surface area contributed by atoms with Gasteiger partial charge in [0.15, 0.2) is 0 Å². The van der Waals surface area contributed by atoms with Crippen LogP contribution in [-0.4, -0.2) is 43.7 Å². The standard InChI is InChI=1S/C10H13N3O4/c11-7-1-2-13(10(17)12-7)6-3-5(4-14)8(15)9(6)16/h1-3,6,8-9,14-16H,4H2,(H2,11,12,17)/t6?,8-,9+/m1/s1. The molecule has 1 aliphatic carbocycles. The minimum absolute atomic E-state index is 0.0886. The minimum Gasteiger partial charge on any atom is -0.392 e. The monoisotopic (exact) mass is 239 g/mol. The number of nitrogen functional groups attached to an aromatic ring is 1. The summed E-state index contributed by atoms with van der Waals surface area (Å²) in [6.45, 7) is -0.369. The molecule has 1 aliphatic rings. The van der Waals surface area contributed by atoms with E-state index in [2.05, 4.69) is 4.98 Å². The molecule has 2 rings (SSSR count). The maximum Gasteiger partial charge on any atom is 0.350 e. The predicted octanol–water partition coefficient (Wildman–Crippen LogP) is -1.98. The Morgan fingerprint density at radius 1 is 1.47 bits per heavy atom. The topological polar surface area (TPSA) is 122 Å². The molecular weight excluding hydrogens is 226 g/mol. The summed E-state index contributed by atoms with van der Waals surface area (Å²) in [7, 11) is 0. The summed E-state index contributed by atoms with van der Waals surface area (Å²) in [4.78, 5) is 15.1. The van der Waals surface area contributed by atoms with Crippen molar-refractivity contribution in [2.45, 2.75) is 18.2 Å². The molecule has 0 aromatic carbocycles. The number of nitrogens with zero attached hydrogens (tertiary/aromatic N) is 2. The van der Waals surface area contributed by atoms with Gasteiger partial charge in [0.1, 0.15) is 18.0 Å². The number of hydrogen-bond acceptors (Lipinski definition) is 6. The number of aliphatic hydroxyl groups is 3. The summed E-state index contributed by atoms with van der Waals surface area (Å²) in [5.41, 5.74) is 5.02. The molecule has 3 atom stereocenters. The number of nitrogens with two attached hydrogens (primary N) is 1. The first-order valence-electron chi connectivity index (χ1n) is 5.07. The number of aromatic nitrogens is 2. The Kier molecular flexibility index (Phi) is 2.97. The second-order valence-corrected chi connectivity index (χ2v) is 3.87. The van der Waals surface area contributed by atoms with Gasteiger partial charge in [0.2, 0.25) is 0 Å². The van der Waals surface area contributed by atoms with Crippen molar-refractivity contribution in [2.75, 3.05) is 12.3 Å². The Balaban J connectivity index is 2.41. The first-order chi connectivity index (χ1) is 8.04. The van der Waals surface area contributed by atoms with Gasteiger partial charge in [0.05, 0.1) is 12.6 Å². The molecular formula is C10H13N3O4. The van der Waals surface area contributed by atoms with Crippen LogP contribution in [0.15, 0.2) is 28.7 Å². The zero-order valence-corrected chi connectivity index (χ0v) is 8.89. The SMILES string of the molecule is Nc1ccn(C2C=C(CO)[C@@H](O)[C@H]2O)c(=O)n1. The van der Waals surface area contributed by atoms with E-state index >= 15 is 0 Å². The Labute approximate surface area is 96.5 Å². The van der Waals surface area contributed by atoms with Crippen LogP contribution in [0.2, 0.25) is 0 Å². The highest BCUT2D eigenvalue weighted by molar-refractivity contribution is 5.27. The van der Waals surface area contributed by atoms with E-state index in [1.54, 1.807) is 0 Å². The van der Waals surface area contributed by atoms with Crippen LogP contribution in [0.3, 0.4) is 0 Å². The molecule has 0 bridgehead atoms. The number of anilines is 1. The van der Waals surface area contributed by atoms with E-state index in [-0.39, 0.29) is 18.0 Å². The third-order valence-electron chi connectivity index (χ3n) is 2.79. The van der Waals surface area contributed by atoms with E-state index in [4.69, 9.17) is 10.8 Å². The molecule has 1 unspecified atom stereocenters. The summed E-state index contributed by atoms with van der Waals surface area (Å²) < 4.78 is 1.16. The lowest BCUT2D eigenvalue weighted by Gasteiger charge is -2.18. The Hall–Kier alpha value is -1.70. The van der Waals surface area contributed by atoms with Crippen LogP contribution < -0.4 is 11.4 Å². The van der Waals surface area contributed by atoms with Gasteiger partial charge >= 0.3 is 5.69 Å². The molecule has 1 aromatic rings. The normalized spacial score (nSPS) is 28.2. The Morgan fingerprint density at radius 3 is 2.71 bits per heavy atom. The van der Waals surface area contributed by atoms with Crippen molar-refractivity contribution < 1.29 is 15.3 Å². The molecule has 7 heteroatoms. The molecule has 1 aromatic heterocycles. The van der Waals surface area contributed by atoms with Crippen molar-refractivity contribution in [2.24, 2.45) is 0 Å². The van der Waals surface area contributed by atoms with Gasteiger partial charge in [0, 0.05) is 6.20 Å². The van der Waals surface area contributed by atoms with Crippen molar-refractivity contribution in [3.05, 3.63) is 34.4 Å². The Morgan fingerprint density at radius 2 is 2.18 bits per heavy atom. The summed E-state index contributed by atoms with van der Waals surface area (Å²) in [6.07, 6.45) is 0.492. The lowest BCUT2D eigenvalue weighted by molar-refractivity contribution is 0.0272. The van der Waals surface area contributed by atoms with Crippen LogP contribution in [0.4, 0.5) is 5.82 Å². The van der Waals surface area contributed by atoms with E-state index < -0.39 is 23.9 Å². The zero-order valence-electron chi connectivity index (χ0n) is 8.89. The molecule has 0 saturated carbocycles. The van der Waals surface area contributed by atoms with Gasteiger partial charge < -0.3 is 21.1 Å². The van der Waals surface area contributed by atoms with Crippen molar-refractivity contribution in [3.63, 3.8) is 0 Å². The fourth-order valence-electron chi connectivity index (χ4n) is 1.87. The minimum atomic E-state index is -1.18. The van der Waals surface area contributed by atoms with Gasteiger partial charge in [-0.25, -0.2) is 4.79 Å².